The minimum Gasteiger partial charge on any atom is -0.392 e. The Labute approximate surface area is 102 Å². The highest BCUT2D eigenvalue weighted by Crippen LogP contribution is 2.55. The van der Waals surface area contributed by atoms with Crippen LogP contribution in [0.3, 0.4) is 0 Å². The fourth-order valence-electron chi connectivity index (χ4n) is 2.60. The summed E-state index contributed by atoms with van der Waals surface area (Å²) in [6.07, 6.45) is 0.436. The van der Waals surface area contributed by atoms with Gasteiger partial charge < -0.3 is 10.8 Å². The molecule has 2 rings (SSSR count). The molecule has 1 aliphatic rings. The predicted molar refractivity (Wildman–Crippen MR) is 66.1 cm³/mol. The Hall–Kier alpha value is -0.930. The van der Waals surface area contributed by atoms with Crippen LogP contribution in [0, 0.1) is 17.2 Å². The summed E-state index contributed by atoms with van der Waals surface area (Å²) in [5.41, 5.74) is 6.40. The van der Waals surface area contributed by atoms with Crippen LogP contribution in [0.2, 0.25) is 0 Å². The molecule has 3 N–H and O–H groups in total. The van der Waals surface area contributed by atoms with E-state index >= 15 is 0 Å². The van der Waals surface area contributed by atoms with Gasteiger partial charge in [-0.1, -0.05) is 32.0 Å². The third-order valence-electron chi connectivity index (χ3n) is 3.97. The molecule has 0 bridgehead atoms. The molecule has 1 saturated carbocycles. The van der Waals surface area contributed by atoms with Gasteiger partial charge in [0.25, 0.3) is 0 Å². The summed E-state index contributed by atoms with van der Waals surface area (Å²) in [5.74, 6) is -0.348. The van der Waals surface area contributed by atoms with E-state index in [4.69, 9.17) is 5.73 Å². The summed E-state index contributed by atoms with van der Waals surface area (Å²) in [6.45, 7) is 4.51. The molecule has 94 valence electrons. The van der Waals surface area contributed by atoms with E-state index in [-0.39, 0.29) is 29.6 Å². The molecule has 0 spiro atoms. The van der Waals surface area contributed by atoms with E-state index in [0.717, 1.165) is 6.42 Å². The second-order valence-electron chi connectivity index (χ2n) is 5.65. The lowest BCUT2D eigenvalue weighted by Gasteiger charge is -2.23. The standard InChI is InChI=1S/C14H20FNO/c1-14(2)7-11(14)13(17)10(8-16)9-5-3-4-6-12(9)15/h3-6,10-11,13,17H,7-8,16H2,1-2H3. The van der Waals surface area contributed by atoms with Gasteiger partial charge >= 0.3 is 0 Å². The Kier molecular flexibility index (Phi) is 3.23. The van der Waals surface area contributed by atoms with Gasteiger partial charge in [0.2, 0.25) is 0 Å². The molecule has 1 aromatic rings. The Bertz CT molecular complexity index is 405. The topological polar surface area (TPSA) is 46.2 Å². The van der Waals surface area contributed by atoms with Crippen molar-refractivity contribution in [2.24, 2.45) is 17.1 Å². The molecule has 1 aliphatic carbocycles. The van der Waals surface area contributed by atoms with Crippen LogP contribution in [0.25, 0.3) is 0 Å². The van der Waals surface area contributed by atoms with Crippen LogP contribution in [0.1, 0.15) is 31.7 Å². The smallest absolute Gasteiger partial charge is 0.126 e. The quantitative estimate of drug-likeness (QED) is 0.844. The van der Waals surface area contributed by atoms with Gasteiger partial charge in [-0.25, -0.2) is 4.39 Å². The summed E-state index contributed by atoms with van der Waals surface area (Å²) in [7, 11) is 0. The minimum atomic E-state index is -0.549. The first kappa shape index (κ1) is 12.5. The lowest BCUT2D eigenvalue weighted by Crippen LogP contribution is -2.29. The van der Waals surface area contributed by atoms with Crippen LogP contribution < -0.4 is 5.73 Å². The molecule has 0 saturated heterocycles. The minimum absolute atomic E-state index is 0.165. The molecule has 1 aromatic carbocycles. The second kappa shape index (κ2) is 4.39. The summed E-state index contributed by atoms with van der Waals surface area (Å²) >= 11 is 0. The van der Waals surface area contributed by atoms with Gasteiger partial charge in [-0.3, -0.25) is 0 Å². The highest BCUT2D eigenvalue weighted by atomic mass is 19.1. The fraction of sp³-hybridized carbons (Fsp3) is 0.571. The van der Waals surface area contributed by atoms with Crippen LogP contribution in [0.4, 0.5) is 4.39 Å². The summed E-state index contributed by atoms with van der Waals surface area (Å²) < 4.78 is 13.7. The summed E-state index contributed by atoms with van der Waals surface area (Å²) in [5, 5.41) is 10.3. The number of halogens is 1. The van der Waals surface area contributed by atoms with E-state index in [1.165, 1.54) is 6.07 Å². The zero-order valence-electron chi connectivity index (χ0n) is 10.4. The van der Waals surface area contributed by atoms with Crippen LogP contribution in [-0.2, 0) is 0 Å². The number of hydrogen-bond acceptors (Lipinski definition) is 2. The fourth-order valence-corrected chi connectivity index (χ4v) is 2.60. The van der Waals surface area contributed by atoms with Gasteiger partial charge in [0, 0.05) is 12.5 Å². The van der Waals surface area contributed by atoms with Crippen LogP contribution in [0.5, 0.6) is 0 Å². The molecule has 1 fully saturated rings. The molecule has 0 heterocycles. The van der Waals surface area contributed by atoms with Gasteiger partial charge in [0.05, 0.1) is 6.10 Å². The monoisotopic (exact) mass is 237 g/mol. The molecule has 3 heteroatoms. The Morgan fingerprint density at radius 2 is 2.06 bits per heavy atom. The SMILES string of the molecule is CC1(C)CC1C(O)C(CN)c1ccccc1F. The molecule has 3 atom stereocenters. The number of hydrogen-bond donors (Lipinski definition) is 2. The van der Waals surface area contributed by atoms with Gasteiger partial charge in [0.15, 0.2) is 0 Å². The van der Waals surface area contributed by atoms with Crippen LogP contribution in [0.15, 0.2) is 24.3 Å². The van der Waals surface area contributed by atoms with Gasteiger partial charge in [-0.15, -0.1) is 0 Å². The zero-order chi connectivity index (χ0) is 12.6. The maximum Gasteiger partial charge on any atom is 0.126 e. The average molecular weight is 237 g/mol. The summed E-state index contributed by atoms with van der Waals surface area (Å²) in [4.78, 5) is 0. The number of nitrogens with two attached hydrogens (primary N) is 1. The maximum absolute atomic E-state index is 13.7. The van der Waals surface area contributed by atoms with Gasteiger partial charge in [-0.05, 0) is 29.4 Å². The second-order valence-corrected chi connectivity index (χ2v) is 5.65. The Balaban J connectivity index is 2.20. The normalized spacial score (nSPS) is 25.4. The van der Waals surface area contributed by atoms with Crippen molar-refractivity contribution in [3.8, 4) is 0 Å². The van der Waals surface area contributed by atoms with Crippen molar-refractivity contribution in [3.63, 3.8) is 0 Å². The van der Waals surface area contributed by atoms with E-state index in [2.05, 4.69) is 13.8 Å². The van der Waals surface area contributed by atoms with Crippen molar-refractivity contribution in [3.05, 3.63) is 35.6 Å². The average Bonchev–Trinajstić information content (AvgIpc) is 2.91. The maximum atomic E-state index is 13.7. The van der Waals surface area contributed by atoms with Gasteiger partial charge in [0.1, 0.15) is 5.82 Å². The third kappa shape index (κ3) is 2.35. The van der Waals surface area contributed by atoms with Crippen molar-refractivity contribution in [2.75, 3.05) is 6.54 Å². The third-order valence-corrected chi connectivity index (χ3v) is 3.97. The predicted octanol–water partition coefficient (Wildman–Crippen LogP) is 2.28. The Morgan fingerprint density at radius 1 is 1.47 bits per heavy atom. The summed E-state index contributed by atoms with van der Waals surface area (Å²) in [6, 6.07) is 6.57. The lowest BCUT2D eigenvalue weighted by molar-refractivity contribution is 0.108. The Morgan fingerprint density at radius 3 is 2.53 bits per heavy atom. The largest absolute Gasteiger partial charge is 0.392 e. The molecule has 0 aromatic heterocycles. The molecular formula is C14H20FNO. The number of rotatable bonds is 4. The first-order valence-electron chi connectivity index (χ1n) is 6.10. The molecule has 2 nitrogen and oxygen atoms in total. The molecule has 0 amide bonds. The van der Waals surface area contributed by atoms with Crippen LogP contribution >= 0.6 is 0 Å². The molecule has 0 aliphatic heterocycles. The molecule has 17 heavy (non-hydrogen) atoms. The zero-order valence-corrected chi connectivity index (χ0v) is 10.4. The van der Waals surface area contributed by atoms with E-state index in [1.54, 1.807) is 18.2 Å². The first-order chi connectivity index (χ1) is 7.97. The molecular weight excluding hydrogens is 217 g/mol. The van der Waals surface area contributed by atoms with Crippen molar-refractivity contribution in [2.45, 2.75) is 32.3 Å². The van der Waals surface area contributed by atoms with E-state index in [9.17, 15) is 9.50 Å². The molecule has 3 unspecified atom stereocenters. The van der Waals surface area contributed by atoms with E-state index in [0.29, 0.717) is 5.56 Å². The highest BCUT2D eigenvalue weighted by Gasteiger charge is 2.51. The number of benzene rings is 1. The van der Waals surface area contributed by atoms with Crippen molar-refractivity contribution in [1.29, 1.82) is 0 Å². The van der Waals surface area contributed by atoms with E-state index < -0.39 is 6.10 Å². The number of aliphatic hydroxyl groups is 1. The van der Waals surface area contributed by atoms with Crippen molar-refractivity contribution in [1.82, 2.24) is 0 Å². The van der Waals surface area contributed by atoms with E-state index in [1.807, 2.05) is 0 Å². The number of aliphatic hydroxyl groups excluding tert-OH is 1. The lowest BCUT2D eigenvalue weighted by atomic mass is 9.88. The van der Waals surface area contributed by atoms with Crippen molar-refractivity contribution < 1.29 is 9.50 Å². The molecule has 0 radical (unpaired) electrons. The van der Waals surface area contributed by atoms with Gasteiger partial charge in [-0.2, -0.15) is 0 Å². The first-order valence-corrected chi connectivity index (χ1v) is 6.10. The van der Waals surface area contributed by atoms with Crippen LogP contribution in [-0.4, -0.2) is 17.8 Å². The van der Waals surface area contributed by atoms with Crippen molar-refractivity contribution >= 4 is 0 Å². The highest BCUT2D eigenvalue weighted by molar-refractivity contribution is 5.24.